The van der Waals surface area contributed by atoms with Gasteiger partial charge in [0.05, 0.1) is 17.9 Å². The van der Waals surface area contributed by atoms with E-state index >= 15 is 0 Å². The van der Waals surface area contributed by atoms with E-state index in [-0.39, 0.29) is 18.2 Å². The first-order chi connectivity index (χ1) is 13.6. The van der Waals surface area contributed by atoms with Crippen molar-refractivity contribution in [1.29, 1.82) is 0 Å². The van der Waals surface area contributed by atoms with Gasteiger partial charge < -0.3 is 15.4 Å². The van der Waals surface area contributed by atoms with Crippen LogP contribution in [0.4, 0.5) is 17.2 Å². The van der Waals surface area contributed by atoms with Crippen molar-refractivity contribution in [2.45, 2.75) is 13.8 Å². The zero-order chi connectivity index (χ0) is 19.9. The lowest BCUT2D eigenvalue weighted by Gasteiger charge is -2.11. The molecule has 1 aromatic heterocycles. The van der Waals surface area contributed by atoms with Crippen LogP contribution in [0.5, 0.6) is 0 Å². The van der Waals surface area contributed by atoms with Crippen LogP contribution in [0, 0.1) is 6.92 Å². The molecule has 0 saturated carbocycles. The number of ether oxygens (including phenoxy) is 1. The molecule has 0 bridgehead atoms. The number of aryl methyl sites for hydroxylation is 1. The number of carbonyl (C=O) groups excluding carboxylic acids is 2. The van der Waals surface area contributed by atoms with E-state index in [0.29, 0.717) is 22.8 Å². The van der Waals surface area contributed by atoms with Crippen LogP contribution in [0.2, 0.25) is 0 Å². The summed E-state index contributed by atoms with van der Waals surface area (Å²) < 4.78 is 5.07. The molecular weight excluding hydrogens is 356 g/mol. The molecule has 3 rings (SSSR count). The number of anilines is 3. The van der Waals surface area contributed by atoms with E-state index in [2.05, 4.69) is 20.6 Å². The number of nitrogens with zero attached hydrogens (tertiary/aromatic N) is 2. The van der Waals surface area contributed by atoms with Gasteiger partial charge in [0, 0.05) is 11.8 Å². The summed E-state index contributed by atoms with van der Waals surface area (Å²) in [6, 6.07) is 15.9. The Bertz CT molecular complexity index is 1000. The zero-order valence-corrected chi connectivity index (χ0v) is 15.6. The second-order valence-electron chi connectivity index (χ2n) is 6.00. The van der Waals surface area contributed by atoms with E-state index in [1.165, 1.54) is 12.4 Å². The van der Waals surface area contributed by atoms with E-state index in [1.54, 1.807) is 37.3 Å². The number of carbonyl (C=O) groups is 2. The summed E-state index contributed by atoms with van der Waals surface area (Å²) in [6.45, 7) is 3.98. The van der Waals surface area contributed by atoms with E-state index in [4.69, 9.17) is 4.74 Å². The van der Waals surface area contributed by atoms with Crippen molar-refractivity contribution in [2.75, 3.05) is 17.2 Å². The summed E-state index contributed by atoms with van der Waals surface area (Å²) in [5.74, 6) is -0.395. The van der Waals surface area contributed by atoms with E-state index < -0.39 is 5.97 Å². The largest absolute Gasteiger partial charge is 0.462 e. The van der Waals surface area contributed by atoms with Crippen LogP contribution in [0.3, 0.4) is 0 Å². The lowest BCUT2D eigenvalue weighted by Crippen LogP contribution is -2.14. The molecule has 0 aliphatic carbocycles. The minimum absolute atomic E-state index is 0.202. The van der Waals surface area contributed by atoms with Crippen LogP contribution in [0.25, 0.3) is 0 Å². The first-order valence-corrected chi connectivity index (χ1v) is 8.80. The normalized spacial score (nSPS) is 10.2. The summed E-state index contributed by atoms with van der Waals surface area (Å²) in [5.41, 5.74) is 2.84. The quantitative estimate of drug-likeness (QED) is 0.633. The molecule has 0 radical (unpaired) electrons. The Balaban J connectivity index is 1.79. The van der Waals surface area contributed by atoms with E-state index in [0.717, 1.165) is 5.56 Å². The molecule has 0 aliphatic rings. The Kier molecular flexibility index (Phi) is 5.96. The first-order valence-electron chi connectivity index (χ1n) is 8.80. The maximum atomic E-state index is 12.5. The topological polar surface area (TPSA) is 93.2 Å². The molecule has 0 saturated heterocycles. The van der Waals surface area contributed by atoms with Crippen LogP contribution in [-0.4, -0.2) is 28.5 Å². The highest BCUT2D eigenvalue weighted by molar-refractivity contribution is 6.03. The highest BCUT2D eigenvalue weighted by Crippen LogP contribution is 2.21. The zero-order valence-electron chi connectivity index (χ0n) is 15.6. The molecule has 0 unspecified atom stereocenters. The number of nitrogens with one attached hydrogen (secondary N) is 2. The Morgan fingerprint density at radius 2 is 1.86 bits per heavy atom. The number of hydrogen-bond acceptors (Lipinski definition) is 6. The molecule has 2 N–H and O–H groups in total. The van der Waals surface area contributed by atoms with Crippen molar-refractivity contribution in [3.63, 3.8) is 0 Å². The SMILES string of the molecule is CCOC(=O)c1ccccc1Nc1cc(C(=O)Nc2cccc(C)c2)ncn1. The lowest BCUT2D eigenvalue weighted by atomic mass is 10.2. The van der Waals surface area contributed by atoms with Crippen LogP contribution in [0.15, 0.2) is 60.9 Å². The summed E-state index contributed by atoms with van der Waals surface area (Å²) >= 11 is 0. The molecule has 2 aromatic carbocycles. The second kappa shape index (κ2) is 8.77. The van der Waals surface area contributed by atoms with Crippen molar-refractivity contribution >= 4 is 29.1 Å². The maximum absolute atomic E-state index is 12.5. The fourth-order valence-corrected chi connectivity index (χ4v) is 2.58. The summed E-state index contributed by atoms with van der Waals surface area (Å²) in [4.78, 5) is 32.8. The monoisotopic (exact) mass is 376 g/mol. The predicted octanol–water partition coefficient (Wildman–Crippen LogP) is 3.96. The number of benzene rings is 2. The second-order valence-corrected chi connectivity index (χ2v) is 6.00. The van der Waals surface area contributed by atoms with Crippen LogP contribution in [-0.2, 0) is 4.74 Å². The molecule has 7 nitrogen and oxygen atoms in total. The van der Waals surface area contributed by atoms with Crippen LogP contribution < -0.4 is 10.6 Å². The van der Waals surface area contributed by atoms with Gasteiger partial charge in [-0.05, 0) is 43.7 Å². The smallest absolute Gasteiger partial charge is 0.340 e. The highest BCUT2D eigenvalue weighted by Gasteiger charge is 2.14. The van der Waals surface area contributed by atoms with Crippen LogP contribution >= 0.6 is 0 Å². The Labute approximate surface area is 162 Å². The number of esters is 1. The molecule has 7 heteroatoms. The molecule has 1 heterocycles. The number of amides is 1. The Hall–Kier alpha value is -3.74. The van der Waals surface area contributed by atoms with Gasteiger partial charge in [-0.15, -0.1) is 0 Å². The fraction of sp³-hybridized carbons (Fsp3) is 0.143. The van der Waals surface area contributed by atoms with Gasteiger partial charge in [0.25, 0.3) is 5.91 Å². The number of para-hydroxylation sites is 1. The van der Waals surface area contributed by atoms with Gasteiger partial charge in [-0.1, -0.05) is 24.3 Å². The standard InChI is InChI=1S/C21H20N4O3/c1-3-28-21(27)16-9-4-5-10-17(16)25-19-12-18(22-13-23-19)20(26)24-15-8-6-7-14(2)11-15/h4-13H,3H2,1-2H3,(H,24,26)(H,22,23,25). The molecule has 0 spiro atoms. The van der Waals surface area contributed by atoms with Gasteiger partial charge in [0.1, 0.15) is 17.8 Å². The third kappa shape index (κ3) is 4.70. The maximum Gasteiger partial charge on any atom is 0.340 e. The number of hydrogen-bond donors (Lipinski definition) is 2. The molecule has 0 aliphatic heterocycles. The lowest BCUT2D eigenvalue weighted by molar-refractivity contribution is 0.0527. The fourth-order valence-electron chi connectivity index (χ4n) is 2.58. The predicted molar refractivity (Wildman–Crippen MR) is 107 cm³/mol. The summed E-state index contributed by atoms with van der Waals surface area (Å²) in [7, 11) is 0. The Morgan fingerprint density at radius 1 is 1.04 bits per heavy atom. The van der Waals surface area contributed by atoms with E-state index in [1.807, 2.05) is 25.1 Å². The van der Waals surface area contributed by atoms with Crippen molar-refractivity contribution in [3.05, 3.63) is 77.7 Å². The van der Waals surface area contributed by atoms with Gasteiger partial charge in [0.2, 0.25) is 0 Å². The van der Waals surface area contributed by atoms with Crippen LogP contribution in [0.1, 0.15) is 33.3 Å². The van der Waals surface area contributed by atoms with Gasteiger partial charge in [-0.3, -0.25) is 4.79 Å². The molecule has 1 amide bonds. The van der Waals surface area contributed by atoms with Crippen molar-refractivity contribution in [1.82, 2.24) is 9.97 Å². The van der Waals surface area contributed by atoms with Gasteiger partial charge in [-0.25, -0.2) is 14.8 Å². The van der Waals surface area contributed by atoms with Gasteiger partial charge in [-0.2, -0.15) is 0 Å². The van der Waals surface area contributed by atoms with E-state index in [9.17, 15) is 9.59 Å². The number of rotatable bonds is 6. The molecule has 0 fully saturated rings. The third-order valence-corrected chi connectivity index (χ3v) is 3.86. The average molecular weight is 376 g/mol. The average Bonchev–Trinajstić information content (AvgIpc) is 2.69. The molecule has 3 aromatic rings. The van der Waals surface area contributed by atoms with Crippen molar-refractivity contribution in [3.8, 4) is 0 Å². The van der Waals surface area contributed by atoms with Gasteiger partial charge >= 0.3 is 5.97 Å². The van der Waals surface area contributed by atoms with Crippen molar-refractivity contribution in [2.24, 2.45) is 0 Å². The Morgan fingerprint density at radius 3 is 2.64 bits per heavy atom. The first kappa shape index (κ1) is 19.0. The van der Waals surface area contributed by atoms with Gasteiger partial charge in [0.15, 0.2) is 0 Å². The molecule has 28 heavy (non-hydrogen) atoms. The number of aromatic nitrogens is 2. The summed E-state index contributed by atoms with van der Waals surface area (Å²) in [5, 5.41) is 5.85. The minimum atomic E-state index is -0.433. The third-order valence-electron chi connectivity index (χ3n) is 3.86. The van der Waals surface area contributed by atoms with Crippen molar-refractivity contribution < 1.29 is 14.3 Å². The highest BCUT2D eigenvalue weighted by atomic mass is 16.5. The minimum Gasteiger partial charge on any atom is -0.462 e. The summed E-state index contributed by atoms with van der Waals surface area (Å²) in [6.07, 6.45) is 1.29. The molecule has 0 atom stereocenters. The molecular formula is C21H20N4O3. The molecule has 142 valence electrons.